The monoisotopic (exact) mass is 672 g/mol. The van der Waals surface area contributed by atoms with Gasteiger partial charge < -0.3 is 14.6 Å². The van der Waals surface area contributed by atoms with Crippen molar-refractivity contribution in [2.45, 2.75) is 70.6 Å². The lowest BCUT2D eigenvalue weighted by Crippen LogP contribution is -2.41. The van der Waals surface area contributed by atoms with E-state index in [1.807, 2.05) is 69.8 Å². The Balaban J connectivity index is 1.31. The first-order valence-electron chi connectivity index (χ1n) is 16.4. The molecule has 2 aromatic heterocycles. The van der Waals surface area contributed by atoms with Crippen molar-refractivity contribution in [3.63, 3.8) is 0 Å². The minimum Gasteiger partial charge on any atom is -0.479 e. The van der Waals surface area contributed by atoms with Gasteiger partial charge >= 0.3 is 5.97 Å². The molecule has 0 bridgehead atoms. The van der Waals surface area contributed by atoms with Gasteiger partial charge in [-0.2, -0.15) is 5.10 Å². The van der Waals surface area contributed by atoms with Gasteiger partial charge in [0.25, 0.3) is 0 Å². The summed E-state index contributed by atoms with van der Waals surface area (Å²) in [4.78, 5) is 20.5. The molecular formula is C37H41ClN4O4S. The number of likely N-dealkylation sites (tertiary alicyclic amines) is 1. The van der Waals surface area contributed by atoms with E-state index in [0.29, 0.717) is 22.5 Å². The van der Waals surface area contributed by atoms with Crippen LogP contribution in [0.5, 0.6) is 0 Å². The number of ether oxygens (including phenoxy) is 2. The van der Waals surface area contributed by atoms with Gasteiger partial charge in [-0.05, 0) is 108 Å². The van der Waals surface area contributed by atoms with Gasteiger partial charge in [0.1, 0.15) is 5.01 Å². The molecule has 2 fully saturated rings. The number of rotatable bonds is 7. The van der Waals surface area contributed by atoms with E-state index in [9.17, 15) is 9.90 Å². The molecule has 0 radical (unpaired) electrons. The number of piperidine rings is 1. The number of hydrogen-bond donors (Lipinski definition) is 1. The molecule has 0 spiro atoms. The van der Waals surface area contributed by atoms with Crippen molar-refractivity contribution in [3.05, 3.63) is 70.4 Å². The molecule has 10 heteroatoms. The zero-order chi connectivity index (χ0) is 33.0. The Morgan fingerprint density at radius 3 is 2.47 bits per heavy atom. The van der Waals surface area contributed by atoms with Crippen LogP contribution < -0.4 is 0 Å². The van der Waals surface area contributed by atoms with Crippen LogP contribution in [0.1, 0.15) is 68.9 Å². The van der Waals surface area contributed by atoms with Crippen molar-refractivity contribution in [1.29, 1.82) is 0 Å². The Bertz CT molecular complexity index is 1950. The Morgan fingerprint density at radius 1 is 1.09 bits per heavy atom. The number of aliphatic carboxylic acids is 1. The SMILES string of the molecule is Cc1cc2nc(-c3ccc4c(c3)c(C3CCN(C5CCOC5)CC3)nn4C)sc2c(-c2ccc(Cl)cc2)c1[C@H](OC(C)(C)C)C(=O)O. The highest BCUT2D eigenvalue weighted by Gasteiger charge is 2.33. The molecule has 0 aliphatic carbocycles. The standard InChI is InChI=1S/C37H41ClN4O4S/c1-21-18-28-34(31(22-6-9-25(38)10-7-22)30(21)33(36(43)44)46-37(2,3)4)47-35(39-28)24-8-11-29-27(19-24)32(40-41(29)5)23-12-15-42(16-13-23)26-14-17-45-20-26/h6-11,18-19,23,26,33H,12-17,20H2,1-5H3,(H,43,44)/t26?,33-/m0/s1. The molecule has 3 aromatic carbocycles. The maximum Gasteiger partial charge on any atom is 0.337 e. The number of benzene rings is 3. The fraction of sp³-hybridized carbons (Fsp3) is 0.432. The maximum atomic E-state index is 12.7. The first-order chi connectivity index (χ1) is 22.5. The largest absolute Gasteiger partial charge is 0.479 e. The summed E-state index contributed by atoms with van der Waals surface area (Å²) in [6.07, 6.45) is 2.14. The van der Waals surface area contributed by atoms with Gasteiger partial charge in [0.05, 0.1) is 33.6 Å². The van der Waals surface area contributed by atoms with E-state index in [1.165, 1.54) is 5.39 Å². The lowest BCUT2D eigenvalue weighted by Gasteiger charge is -2.34. The zero-order valence-corrected chi connectivity index (χ0v) is 29.1. The number of halogens is 1. The van der Waals surface area contributed by atoms with Crippen LogP contribution in [0.25, 0.3) is 42.8 Å². The van der Waals surface area contributed by atoms with E-state index < -0.39 is 17.7 Å². The van der Waals surface area contributed by atoms with Crippen molar-refractivity contribution < 1.29 is 19.4 Å². The number of aromatic nitrogens is 3. The van der Waals surface area contributed by atoms with Gasteiger partial charge in [0.2, 0.25) is 0 Å². The molecule has 246 valence electrons. The zero-order valence-electron chi connectivity index (χ0n) is 27.5. The van der Waals surface area contributed by atoms with Crippen LogP contribution in [0.2, 0.25) is 5.02 Å². The highest BCUT2D eigenvalue weighted by atomic mass is 35.5. The van der Waals surface area contributed by atoms with E-state index in [1.54, 1.807) is 11.3 Å². The quantitative estimate of drug-likeness (QED) is 0.186. The number of hydrogen-bond acceptors (Lipinski definition) is 7. The molecule has 4 heterocycles. The normalized spacial score (nSPS) is 18.8. The predicted molar refractivity (Wildman–Crippen MR) is 188 cm³/mol. The molecule has 2 aliphatic heterocycles. The fourth-order valence-electron chi connectivity index (χ4n) is 7.24. The third-order valence-corrected chi connectivity index (χ3v) is 10.9. The number of carboxylic acid groups (broad SMARTS) is 1. The number of carboxylic acids is 1. The van der Waals surface area contributed by atoms with E-state index in [0.717, 1.165) is 94.3 Å². The van der Waals surface area contributed by atoms with Crippen LogP contribution in [0.15, 0.2) is 48.5 Å². The lowest BCUT2D eigenvalue weighted by molar-refractivity contribution is -0.160. The van der Waals surface area contributed by atoms with Gasteiger partial charge in [-0.25, -0.2) is 9.78 Å². The van der Waals surface area contributed by atoms with E-state index in [-0.39, 0.29) is 0 Å². The topological polar surface area (TPSA) is 89.7 Å². The second-order valence-corrected chi connectivity index (χ2v) is 15.3. The van der Waals surface area contributed by atoms with Crippen LogP contribution in [-0.4, -0.2) is 68.7 Å². The van der Waals surface area contributed by atoms with Crippen LogP contribution >= 0.6 is 22.9 Å². The van der Waals surface area contributed by atoms with Gasteiger partial charge in [-0.3, -0.25) is 9.58 Å². The summed E-state index contributed by atoms with van der Waals surface area (Å²) in [6, 6.07) is 16.6. The van der Waals surface area contributed by atoms with Crippen molar-refractivity contribution in [2.24, 2.45) is 7.05 Å². The Morgan fingerprint density at radius 2 is 1.81 bits per heavy atom. The first kappa shape index (κ1) is 32.2. The summed E-state index contributed by atoms with van der Waals surface area (Å²) >= 11 is 7.86. The van der Waals surface area contributed by atoms with E-state index in [2.05, 4.69) is 23.1 Å². The molecule has 2 saturated heterocycles. The number of fused-ring (bicyclic) bond motifs is 2. The highest BCUT2D eigenvalue weighted by Crippen LogP contribution is 2.45. The number of nitrogens with zero attached hydrogens (tertiary/aromatic N) is 4. The smallest absolute Gasteiger partial charge is 0.337 e. The van der Waals surface area contributed by atoms with Crippen molar-refractivity contribution >= 4 is 50.0 Å². The highest BCUT2D eigenvalue weighted by molar-refractivity contribution is 7.22. The predicted octanol–water partition coefficient (Wildman–Crippen LogP) is 8.39. The van der Waals surface area contributed by atoms with E-state index in [4.69, 9.17) is 31.2 Å². The van der Waals surface area contributed by atoms with Gasteiger partial charge in [0.15, 0.2) is 6.10 Å². The van der Waals surface area contributed by atoms with Crippen LogP contribution in [0.4, 0.5) is 0 Å². The summed E-state index contributed by atoms with van der Waals surface area (Å²) < 4.78 is 14.8. The minimum atomic E-state index is -1.16. The lowest BCUT2D eigenvalue weighted by atomic mass is 9.90. The Kier molecular flexibility index (Phi) is 8.64. The molecule has 1 N–H and O–H groups in total. The molecule has 2 atom stereocenters. The molecule has 0 amide bonds. The summed E-state index contributed by atoms with van der Waals surface area (Å²) in [5.74, 6) is -0.625. The molecule has 47 heavy (non-hydrogen) atoms. The average molecular weight is 673 g/mol. The second kappa shape index (κ2) is 12.6. The van der Waals surface area contributed by atoms with Gasteiger partial charge in [-0.15, -0.1) is 11.3 Å². The maximum absolute atomic E-state index is 12.7. The van der Waals surface area contributed by atoms with E-state index >= 15 is 0 Å². The average Bonchev–Trinajstić information content (AvgIpc) is 3.79. The molecule has 8 nitrogen and oxygen atoms in total. The second-order valence-electron chi connectivity index (χ2n) is 13.9. The molecule has 0 saturated carbocycles. The fourth-order valence-corrected chi connectivity index (χ4v) is 8.48. The summed E-state index contributed by atoms with van der Waals surface area (Å²) in [6.45, 7) is 11.4. The summed E-state index contributed by atoms with van der Waals surface area (Å²) in [7, 11) is 2.02. The number of carbonyl (C=O) groups is 1. The molecule has 1 unspecified atom stereocenters. The van der Waals surface area contributed by atoms with Crippen LogP contribution in [0.3, 0.4) is 0 Å². The summed E-state index contributed by atoms with van der Waals surface area (Å²) in [5.41, 5.74) is 6.60. The Hall–Kier alpha value is -3.34. The van der Waals surface area contributed by atoms with Gasteiger partial charge in [-0.1, -0.05) is 23.7 Å². The number of aryl methyl sites for hydroxylation is 2. The molecule has 2 aliphatic rings. The Labute approximate surface area is 284 Å². The first-order valence-corrected chi connectivity index (χ1v) is 17.6. The molecule has 5 aromatic rings. The molecule has 7 rings (SSSR count). The third kappa shape index (κ3) is 6.32. The minimum absolute atomic E-state index is 0.403. The van der Waals surface area contributed by atoms with Crippen molar-refractivity contribution in [2.75, 3.05) is 26.3 Å². The third-order valence-electron chi connectivity index (χ3n) is 9.48. The number of thiazole rings is 1. The summed E-state index contributed by atoms with van der Waals surface area (Å²) in [5, 5.41) is 18.1. The van der Waals surface area contributed by atoms with Crippen LogP contribution in [0, 0.1) is 6.92 Å². The molecular weight excluding hydrogens is 632 g/mol. The van der Waals surface area contributed by atoms with Crippen LogP contribution in [-0.2, 0) is 21.3 Å². The van der Waals surface area contributed by atoms with Crippen molar-refractivity contribution in [3.8, 4) is 21.7 Å². The van der Waals surface area contributed by atoms with Gasteiger partial charge in [0, 0.05) is 52.7 Å². The van der Waals surface area contributed by atoms with Crippen molar-refractivity contribution in [1.82, 2.24) is 19.7 Å².